The molecule has 2 heterocycles. The Kier molecular flexibility index (Phi) is 5.62. The predicted molar refractivity (Wildman–Crippen MR) is 96.3 cm³/mol. The molecule has 27 heavy (non-hydrogen) atoms. The first-order valence-electron chi connectivity index (χ1n) is 8.65. The van der Waals surface area contributed by atoms with Gasteiger partial charge < -0.3 is 4.74 Å². The molecule has 1 aromatic carbocycles. The molecule has 0 aromatic heterocycles. The third-order valence-corrected chi connectivity index (χ3v) is 6.70. The molecule has 0 bridgehead atoms. The number of ether oxygens (including phenoxy) is 1. The number of rotatable bonds is 3. The van der Waals surface area contributed by atoms with Gasteiger partial charge in [0.05, 0.1) is 5.69 Å². The van der Waals surface area contributed by atoms with E-state index in [0.717, 1.165) is 18.2 Å². The van der Waals surface area contributed by atoms with E-state index >= 15 is 0 Å². The fourth-order valence-electron chi connectivity index (χ4n) is 3.31. The number of carbonyl (C=O) groups is 1. The van der Waals surface area contributed by atoms with E-state index in [1.54, 1.807) is 4.90 Å². The number of hydrogen-bond acceptors (Lipinski definition) is 3. The molecular formula is C18H21F3N2O3S. The first-order valence-corrected chi connectivity index (χ1v) is 9.76. The van der Waals surface area contributed by atoms with Gasteiger partial charge in [-0.2, -0.15) is 13.2 Å². The highest BCUT2D eigenvalue weighted by molar-refractivity contribution is 7.86. The summed E-state index contributed by atoms with van der Waals surface area (Å²) in [7, 11) is -1.84. The van der Waals surface area contributed by atoms with Crippen LogP contribution in [0.2, 0.25) is 0 Å². The van der Waals surface area contributed by atoms with Crippen LogP contribution in [0.5, 0.6) is 0 Å². The number of amides is 1. The lowest BCUT2D eigenvalue weighted by Gasteiger charge is -2.39. The second kappa shape index (κ2) is 7.63. The second-order valence-corrected chi connectivity index (χ2v) is 8.27. The van der Waals surface area contributed by atoms with Crippen LogP contribution in [-0.4, -0.2) is 39.9 Å². The first-order chi connectivity index (χ1) is 12.7. The van der Waals surface area contributed by atoms with Crippen LogP contribution >= 0.6 is 0 Å². The molecule has 1 aromatic rings. The summed E-state index contributed by atoms with van der Waals surface area (Å²) in [5, 5.41) is 0. The Bertz CT molecular complexity index is 786. The number of anilines is 1. The van der Waals surface area contributed by atoms with Crippen molar-refractivity contribution in [1.82, 2.24) is 4.31 Å². The van der Waals surface area contributed by atoms with Crippen LogP contribution in [-0.2, 0) is 22.3 Å². The fourth-order valence-corrected chi connectivity index (χ4v) is 4.62. The van der Waals surface area contributed by atoms with Crippen molar-refractivity contribution in [3.63, 3.8) is 0 Å². The summed E-state index contributed by atoms with van der Waals surface area (Å²) in [6, 6.07) is 7.34. The molecule has 0 radical (unpaired) electrons. The van der Waals surface area contributed by atoms with Gasteiger partial charge in [-0.05, 0) is 32.8 Å². The van der Waals surface area contributed by atoms with Gasteiger partial charge in [-0.15, -0.1) is 0 Å². The second-order valence-electron chi connectivity index (χ2n) is 6.64. The zero-order valence-electron chi connectivity index (χ0n) is 15.1. The van der Waals surface area contributed by atoms with Crippen molar-refractivity contribution in [2.24, 2.45) is 0 Å². The van der Waals surface area contributed by atoms with Gasteiger partial charge in [-0.3, -0.25) is 4.90 Å². The molecule has 2 aliphatic heterocycles. The Labute approximate surface area is 158 Å². The number of piperidine rings is 1. The highest BCUT2D eigenvalue weighted by Gasteiger charge is 2.37. The van der Waals surface area contributed by atoms with Crippen molar-refractivity contribution in [2.45, 2.75) is 45.5 Å². The quantitative estimate of drug-likeness (QED) is 0.764. The molecular weight excluding hydrogens is 381 g/mol. The van der Waals surface area contributed by atoms with E-state index in [-0.39, 0.29) is 17.6 Å². The molecule has 5 nitrogen and oxygen atoms in total. The third-order valence-electron chi connectivity index (χ3n) is 5.04. The fraction of sp³-hybridized carbons (Fsp3) is 0.500. The largest absolute Gasteiger partial charge is 0.444 e. The van der Waals surface area contributed by atoms with Crippen LogP contribution in [0.4, 0.5) is 23.7 Å². The zero-order chi connectivity index (χ0) is 19.8. The van der Waals surface area contributed by atoms with Gasteiger partial charge in [0, 0.05) is 35.2 Å². The maximum atomic E-state index is 12.8. The average Bonchev–Trinajstić information content (AvgIpc) is 2.65. The molecule has 1 amide bonds. The summed E-state index contributed by atoms with van der Waals surface area (Å²) in [5.41, 5.74) is 0.900. The lowest BCUT2D eigenvalue weighted by molar-refractivity contribution is -0.0917. The van der Waals surface area contributed by atoms with E-state index in [4.69, 9.17) is 4.74 Å². The standard InChI is InChI=1S/C18H21F3N2O3S/c1-12(18(19,20)21)13(2)27(25)22-9-7-15(8-10-22)23-16-6-4-3-5-14(16)11-26-17(23)24/h3-6,15H,7-11H2,1-2H3/b13-12-. The van der Waals surface area contributed by atoms with Crippen molar-refractivity contribution >= 4 is 22.8 Å². The Hall–Kier alpha value is -1.87. The van der Waals surface area contributed by atoms with Crippen LogP contribution in [0.15, 0.2) is 34.7 Å². The SMILES string of the molecule is C/C(=C(\C)C(F)(F)F)S(=O)N1CCC(N2C(=O)OCc3ccccc32)CC1. The molecule has 0 N–H and O–H groups in total. The molecule has 1 saturated heterocycles. The summed E-state index contributed by atoms with van der Waals surface area (Å²) in [4.78, 5) is 13.7. The maximum absolute atomic E-state index is 12.8. The van der Waals surface area contributed by atoms with Crippen LogP contribution in [0, 0.1) is 0 Å². The Morgan fingerprint density at radius 1 is 1.19 bits per heavy atom. The average molecular weight is 402 g/mol. The van der Waals surface area contributed by atoms with Crippen molar-refractivity contribution in [1.29, 1.82) is 0 Å². The maximum Gasteiger partial charge on any atom is 0.414 e. The van der Waals surface area contributed by atoms with Gasteiger partial charge in [-0.25, -0.2) is 13.3 Å². The number of cyclic esters (lactones) is 1. The summed E-state index contributed by atoms with van der Waals surface area (Å²) in [5.74, 6) is 0. The van der Waals surface area contributed by atoms with Crippen LogP contribution in [0.3, 0.4) is 0 Å². The first kappa shape index (κ1) is 19.9. The van der Waals surface area contributed by atoms with Crippen molar-refractivity contribution in [3.8, 4) is 0 Å². The van der Waals surface area contributed by atoms with Crippen LogP contribution in [0.1, 0.15) is 32.3 Å². The predicted octanol–water partition coefficient (Wildman–Crippen LogP) is 4.13. The summed E-state index contributed by atoms with van der Waals surface area (Å²) < 4.78 is 57.8. The van der Waals surface area contributed by atoms with E-state index in [9.17, 15) is 22.2 Å². The Morgan fingerprint density at radius 3 is 2.44 bits per heavy atom. The zero-order valence-corrected chi connectivity index (χ0v) is 15.9. The summed E-state index contributed by atoms with van der Waals surface area (Å²) in [6.07, 6.45) is -3.89. The highest BCUT2D eigenvalue weighted by Crippen LogP contribution is 2.33. The third kappa shape index (κ3) is 4.03. The normalized spacial score (nSPS) is 21.4. The van der Waals surface area contributed by atoms with E-state index in [1.807, 2.05) is 24.3 Å². The van der Waals surface area contributed by atoms with Crippen LogP contribution < -0.4 is 4.90 Å². The number of para-hydroxylation sites is 1. The molecule has 9 heteroatoms. The molecule has 0 saturated carbocycles. The Balaban J connectivity index is 1.71. The van der Waals surface area contributed by atoms with Crippen molar-refractivity contribution < 1.29 is 26.9 Å². The number of fused-ring (bicyclic) bond motifs is 1. The number of allylic oxidation sites excluding steroid dienone is 2. The lowest BCUT2D eigenvalue weighted by atomic mass is 10.0. The summed E-state index contributed by atoms with van der Waals surface area (Å²) >= 11 is 0. The molecule has 1 fully saturated rings. The Morgan fingerprint density at radius 2 is 1.81 bits per heavy atom. The molecule has 1 atom stereocenters. The van der Waals surface area contributed by atoms with Crippen molar-refractivity contribution in [2.75, 3.05) is 18.0 Å². The number of benzene rings is 1. The highest BCUT2D eigenvalue weighted by atomic mass is 32.2. The van der Waals surface area contributed by atoms with E-state index < -0.39 is 28.8 Å². The van der Waals surface area contributed by atoms with E-state index in [2.05, 4.69) is 0 Å². The van der Waals surface area contributed by atoms with Crippen LogP contribution in [0.25, 0.3) is 0 Å². The van der Waals surface area contributed by atoms with E-state index in [0.29, 0.717) is 25.9 Å². The smallest absolute Gasteiger partial charge is 0.414 e. The molecule has 0 spiro atoms. The number of alkyl halides is 3. The molecule has 3 rings (SSSR count). The molecule has 148 valence electrons. The number of halogens is 3. The molecule has 1 unspecified atom stereocenters. The minimum atomic E-state index is -4.49. The topological polar surface area (TPSA) is 49.9 Å². The number of hydrogen-bond donors (Lipinski definition) is 0. The summed E-state index contributed by atoms with van der Waals surface area (Å²) in [6.45, 7) is 3.11. The van der Waals surface area contributed by atoms with Gasteiger partial charge in [0.15, 0.2) is 0 Å². The van der Waals surface area contributed by atoms with Gasteiger partial charge in [0.1, 0.15) is 17.6 Å². The monoisotopic (exact) mass is 402 g/mol. The minimum absolute atomic E-state index is 0.139. The number of carbonyl (C=O) groups excluding carboxylic acids is 1. The van der Waals surface area contributed by atoms with Gasteiger partial charge >= 0.3 is 12.3 Å². The molecule has 2 aliphatic rings. The van der Waals surface area contributed by atoms with Gasteiger partial charge in [-0.1, -0.05) is 18.2 Å². The van der Waals surface area contributed by atoms with Gasteiger partial charge in [0.25, 0.3) is 0 Å². The molecule has 0 aliphatic carbocycles. The van der Waals surface area contributed by atoms with Gasteiger partial charge in [0.2, 0.25) is 0 Å². The number of nitrogens with zero attached hydrogens (tertiary/aromatic N) is 2. The van der Waals surface area contributed by atoms with Crippen molar-refractivity contribution in [3.05, 3.63) is 40.3 Å². The minimum Gasteiger partial charge on any atom is -0.444 e. The van der Waals surface area contributed by atoms with E-state index in [1.165, 1.54) is 11.2 Å². The lowest BCUT2D eigenvalue weighted by Crippen LogP contribution is -2.49.